The van der Waals surface area contributed by atoms with Gasteiger partial charge in [-0.2, -0.15) is 15.0 Å². The van der Waals surface area contributed by atoms with Crippen molar-refractivity contribution >= 4 is 5.91 Å². The summed E-state index contributed by atoms with van der Waals surface area (Å²) in [5.74, 6) is 0.0710. The Hall–Kier alpha value is -2.21. The predicted octanol–water partition coefficient (Wildman–Crippen LogP) is 0.199. The van der Waals surface area contributed by atoms with Gasteiger partial charge in [0.05, 0.1) is 24.1 Å². The average Bonchev–Trinajstić information content (AvgIpc) is 2.88. The van der Waals surface area contributed by atoms with Crippen LogP contribution in [0.25, 0.3) is 5.69 Å². The van der Waals surface area contributed by atoms with Crippen molar-refractivity contribution in [1.29, 1.82) is 0 Å². The van der Waals surface area contributed by atoms with Gasteiger partial charge in [-0.25, -0.2) is 0 Å². The fourth-order valence-corrected chi connectivity index (χ4v) is 2.11. The molecule has 0 bridgehead atoms. The van der Waals surface area contributed by atoms with Crippen molar-refractivity contribution in [3.8, 4) is 5.69 Å². The molecule has 1 N–H and O–H groups in total. The van der Waals surface area contributed by atoms with Crippen molar-refractivity contribution in [3.63, 3.8) is 0 Å². The molecule has 0 spiro atoms. The highest BCUT2D eigenvalue weighted by molar-refractivity contribution is 5.78. The van der Waals surface area contributed by atoms with Gasteiger partial charge in [-0.3, -0.25) is 9.69 Å². The third-order valence-electron chi connectivity index (χ3n) is 3.03. The zero-order valence-electron chi connectivity index (χ0n) is 10.5. The Morgan fingerprint density at radius 1 is 1.26 bits per heavy atom. The number of benzene rings is 1. The fourth-order valence-electron chi connectivity index (χ4n) is 2.11. The summed E-state index contributed by atoms with van der Waals surface area (Å²) in [6.07, 6.45) is 1.75. The molecule has 1 aliphatic heterocycles. The average molecular weight is 257 g/mol. The number of piperazine rings is 1. The van der Waals surface area contributed by atoms with Crippen LogP contribution in [-0.2, 0) is 11.3 Å². The van der Waals surface area contributed by atoms with E-state index in [1.165, 1.54) is 0 Å². The van der Waals surface area contributed by atoms with Crippen LogP contribution in [0.2, 0.25) is 0 Å². The molecule has 0 saturated carbocycles. The van der Waals surface area contributed by atoms with E-state index in [4.69, 9.17) is 0 Å². The Kier molecular flexibility index (Phi) is 3.24. The van der Waals surface area contributed by atoms with Crippen LogP contribution in [-0.4, -0.2) is 45.4 Å². The summed E-state index contributed by atoms with van der Waals surface area (Å²) in [4.78, 5) is 15.0. The minimum Gasteiger partial charge on any atom is -0.354 e. The van der Waals surface area contributed by atoms with Gasteiger partial charge in [0, 0.05) is 19.6 Å². The molecule has 2 aromatic rings. The van der Waals surface area contributed by atoms with Gasteiger partial charge >= 0.3 is 0 Å². The van der Waals surface area contributed by atoms with Crippen LogP contribution in [0.1, 0.15) is 5.69 Å². The van der Waals surface area contributed by atoms with Crippen LogP contribution in [0.15, 0.2) is 36.5 Å². The summed E-state index contributed by atoms with van der Waals surface area (Å²) >= 11 is 0. The van der Waals surface area contributed by atoms with Crippen LogP contribution in [0.3, 0.4) is 0 Å². The molecule has 1 aromatic carbocycles. The fraction of sp³-hybridized carbons (Fsp3) is 0.308. The van der Waals surface area contributed by atoms with Crippen LogP contribution >= 0.6 is 0 Å². The first kappa shape index (κ1) is 11.9. The number of hydrogen-bond donors (Lipinski definition) is 1. The van der Waals surface area contributed by atoms with Crippen LogP contribution < -0.4 is 5.32 Å². The first-order valence-electron chi connectivity index (χ1n) is 6.27. The van der Waals surface area contributed by atoms with E-state index in [0.29, 0.717) is 19.6 Å². The maximum Gasteiger partial charge on any atom is 0.234 e. The molecule has 2 heterocycles. The lowest BCUT2D eigenvalue weighted by Gasteiger charge is -2.25. The molecule has 0 unspecified atom stereocenters. The number of amides is 1. The predicted molar refractivity (Wildman–Crippen MR) is 69.6 cm³/mol. The summed E-state index contributed by atoms with van der Waals surface area (Å²) in [6.45, 7) is 2.63. The van der Waals surface area contributed by atoms with Gasteiger partial charge in [-0.05, 0) is 12.1 Å². The molecule has 3 rings (SSSR count). The summed E-state index contributed by atoms with van der Waals surface area (Å²) in [7, 11) is 0. The Balaban J connectivity index is 1.70. The SMILES string of the molecule is O=C1CN(Cc2cnn(-c3ccccc3)n2)CCN1. The van der Waals surface area contributed by atoms with E-state index in [1.54, 1.807) is 11.0 Å². The third kappa shape index (κ3) is 2.79. The monoisotopic (exact) mass is 257 g/mol. The topological polar surface area (TPSA) is 63.1 Å². The van der Waals surface area contributed by atoms with E-state index in [1.807, 2.05) is 30.3 Å². The van der Waals surface area contributed by atoms with Crippen LogP contribution in [0, 0.1) is 0 Å². The van der Waals surface area contributed by atoms with Crippen LogP contribution in [0.5, 0.6) is 0 Å². The van der Waals surface area contributed by atoms with E-state index >= 15 is 0 Å². The number of carbonyl (C=O) groups is 1. The lowest BCUT2D eigenvalue weighted by molar-refractivity contribution is -0.124. The largest absolute Gasteiger partial charge is 0.354 e. The van der Waals surface area contributed by atoms with Crippen molar-refractivity contribution < 1.29 is 4.79 Å². The van der Waals surface area contributed by atoms with Gasteiger partial charge in [0.15, 0.2) is 0 Å². The first-order valence-corrected chi connectivity index (χ1v) is 6.27. The number of nitrogens with zero attached hydrogens (tertiary/aromatic N) is 4. The van der Waals surface area contributed by atoms with E-state index < -0.39 is 0 Å². The molecule has 1 aromatic heterocycles. The van der Waals surface area contributed by atoms with Crippen molar-refractivity contribution in [1.82, 2.24) is 25.2 Å². The second-order valence-electron chi connectivity index (χ2n) is 4.52. The smallest absolute Gasteiger partial charge is 0.234 e. The standard InChI is InChI=1S/C13H15N5O/c19-13-10-17(7-6-14-13)9-11-8-15-18(16-11)12-4-2-1-3-5-12/h1-5,8H,6-7,9-10H2,(H,14,19). The lowest BCUT2D eigenvalue weighted by Crippen LogP contribution is -2.47. The zero-order chi connectivity index (χ0) is 13.1. The molecular formula is C13H15N5O. The second-order valence-corrected chi connectivity index (χ2v) is 4.52. The Morgan fingerprint density at radius 3 is 2.89 bits per heavy atom. The van der Waals surface area contributed by atoms with Gasteiger partial charge in [0.25, 0.3) is 0 Å². The van der Waals surface area contributed by atoms with E-state index in [0.717, 1.165) is 17.9 Å². The lowest BCUT2D eigenvalue weighted by atomic mass is 10.3. The van der Waals surface area contributed by atoms with E-state index in [2.05, 4.69) is 20.4 Å². The minimum atomic E-state index is 0.0710. The minimum absolute atomic E-state index is 0.0710. The van der Waals surface area contributed by atoms with Crippen molar-refractivity contribution in [2.45, 2.75) is 6.54 Å². The van der Waals surface area contributed by atoms with Gasteiger partial charge in [-0.1, -0.05) is 18.2 Å². The van der Waals surface area contributed by atoms with Gasteiger partial charge in [0.1, 0.15) is 0 Å². The molecule has 1 amide bonds. The van der Waals surface area contributed by atoms with E-state index in [-0.39, 0.29) is 5.91 Å². The molecular weight excluding hydrogens is 242 g/mol. The Morgan fingerprint density at radius 2 is 2.11 bits per heavy atom. The molecule has 0 radical (unpaired) electrons. The first-order chi connectivity index (χ1) is 9.31. The Labute approximate surface area is 111 Å². The summed E-state index contributed by atoms with van der Waals surface area (Å²) in [5, 5.41) is 11.5. The number of nitrogens with one attached hydrogen (secondary N) is 1. The number of rotatable bonds is 3. The summed E-state index contributed by atoms with van der Waals surface area (Å²) in [6, 6.07) is 9.77. The molecule has 0 atom stereocenters. The number of aromatic nitrogens is 3. The molecule has 1 aliphatic rings. The molecule has 6 nitrogen and oxygen atoms in total. The highest BCUT2D eigenvalue weighted by Gasteiger charge is 2.17. The molecule has 6 heteroatoms. The normalized spacial score (nSPS) is 16.3. The molecule has 1 fully saturated rings. The molecule has 98 valence electrons. The van der Waals surface area contributed by atoms with Crippen molar-refractivity contribution in [3.05, 3.63) is 42.2 Å². The number of hydrogen-bond acceptors (Lipinski definition) is 4. The van der Waals surface area contributed by atoms with E-state index in [9.17, 15) is 4.79 Å². The highest BCUT2D eigenvalue weighted by atomic mass is 16.2. The van der Waals surface area contributed by atoms with Gasteiger partial charge in [0.2, 0.25) is 5.91 Å². The maximum atomic E-state index is 11.3. The molecule has 0 aliphatic carbocycles. The third-order valence-corrected chi connectivity index (χ3v) is 3.03. The Bertz CT molecular complexity index is 565. The number of para-hydroxylation sites is 1. The van der Waals surface area contributed by atoms with Crippen molar-refractivity contribution in [2.24, 2.45) is 0 Å². The zero-order valence-corrected chi connectivity index (χ0v) is 10.5. The quantitative estimate of drug-likeness (QED) is 0.853. The highest BCUT2D eigenvalue weighted by Crippen LogP contribution is 2.06. The molecule has 19 heavy (non-hydrogen) atoms. The second kappa shape index (κ2) is 5.19. The summed E-state index contributed by atoms with van der Waals surface area (Å²) in [5.41, 5.74) is 1.81. The number of carbonyl (C=O) groups excluding carboxylic acids is 1. The van der Waals surface area contributed by atoms with Crippen molar-refractivity contribution in [2.75, 3.05) is 19.6 Å². The van der Waals surface area contributed by atoms with Crippen LogP contribution in [0.4, 0.5) is 0 Å². The molecule has 1 saturated heterocycles. The maximum absolute atomic E-state index is 11.3. The van der Waals surface area contributed by atoms with Gasteiger partial charge in [-0.15, -0.1) is 0 Å². The summed E-state index contributed by atoms with van der Waals surface area (Å²) < 4.78 is 0. The van der Waals surface area contributed by atoms with Gasteiger partial charge < -0.3 is 5.32 Å².